The van der Waals surface area contributed by atoms with E-state index in [1.54, 1.807) is 78.9 Å². The van der Waals surface area contributed by atoms with Crippen LogP contribution in [-0.2, 0) is 19.4 Å². The summed E-state index contributed by atoms with van der Waals surface area (Å²) in [7, 11) is -4.04. The molecule has 1 atom stereocenters. The van der Waals surface area contributed by atoms with Gasteiger partial charge in [-0.15, -0.1) is 0 Å². The molecule has 9 heteroatoms. The number of nitrogens with zero attached hydrogens (tertiary/aromatic N) is 1. The largest absolute Gasteiger partial charge is 0.451 e. The number of benzene rings is 3. The highest BCUT2D eigenvalue weighted by molar-refractivity contribution is 7.91. The van der Waals surface area contributed by atoms with Crippen LogP contribution in [0.5, 0.6) is 5.88 Å². The number of sulfone groups is 1. The highest BCUT2D eigenvalue weighted by Gasteiger charge is 2.38. The zero-order valence-corrected chi connectivity index (χ0v) is 19.4. The summed E-state index contributed by atoms with van der Waals surface area (Å²) in [6.45, 7) is 0. The summed E-state index contributed by atoms with van der Waals surface area (Å²) in [5.41, 5.74) is 1.59. The van der Waals surface area contributed by atoms with Crippen LogP contribution in [-0.4, -0.2) is 31.8 Å². The lowest BCUT2D eigenvalue weighted by molar-refractivity contribution is -0.147. The van der Waals surface area contributed by atoms with Crippen molar-refractivity contribution in [2.24, 2.45) is 0 Å². The number of carbonyl (C=O) groups excluding carboxylic acids is 2. The Labute approximate surface area is 202 Å². The fourth-order valence-corrected chi connectivity index (χ4v) is 4.37. The van der Waals surface area contributed by atoms with Crippen molar-refractivity contribution < 1.29 is 32.0 Å². The second-order valence-corrected chi connectivity index (χ2v) is 9.80. The van der Waals surface area contributed by atoms with Gasteiger partial charge in [0.25, 0.3) is 5.88 Å². The number of carbonyl (C=O) groups is 2. The van der Waals surface area contributed by atoms with Gasteiger partial charge in [0, 0.05) is 12.3 Å². The van der Waals surface area contributed by atoms with E-state index in [0.29, 0.717) is 11.1 Å². The lowest BCUT2D eigenvalue weighted by Gasteiger charge is -2.21. The standard InChI is InChI=1S/C26H21NO7S/c1-35(30,31)24(21-17-22(27-34-21)32-25(28)20-15-9-4-10-16-20)26(29)33-23(18-11-5-2-6-12-18)19-13-7-3-8-14-19/h2-17,23-24H,1H3. The van der Waals surface area contributed by atoms with Gasteiger partial charge in [0.2, 0.25) is 5.25 Å². The predicted molar refractivity (Wildman–Crippen MR) is 126 cm³/mol. The molecule has 0 aliphatic carbocycles. The molecule has 0 saturated heterocycles. The number of hydrogen-bond acceptors (Lipinski definition) is 8. The molecule has 178 valence electrons. The number of ether oxygens (including phenoxy) is 2. The van der Waals surface area contributed by atoms with Crippen LogP contribution in [0.3, 0.4) is 0 Å². The lowest BCUT2D eigenvalue weighted by atomic mass is 10.0. The van der Waals surface area contributed by atoms with Crippen LogP contribution < -0.4 is 4.74 Å². The third-order valence-electron chi connectivity index (χ3n) is 5.05. The van der Waals surface area contributed by atoms with Gasteiger partial charge < -0.3 is 14.0 Å². The number of esters is 2. The Morgan fingerprint density at radius 2 is 1.34 bits per heavy atom. The van der Waals surface area contributed by atoms with E-state index in [2.05, 4.69) is 5.16 Å². The normalized spacial score (nSPS) is 12.2. The Morgan fingerprint density at radius 1 is 0.829 bits per heavy atom. The van der Waals surface area contributed by atoms with E-state index in [1.807, 2.05) is 12.1 Å². The summed E-state index contributed by atoms with van der Waals surface area (Å²) in [5.74, 6) is -2.37. The molecule has 3 aromatic carbocycles. The first-order valence-electron chi connectivity index (χ1n) is 10.6. The highest BCUT2D eigenvalue weighted by atomic mass is 32.2. The first-order chi connectivity index (χ1) is 16.8. The molecule has 0 aliphatic heterocycles. The molecule has 4 aromatic rings. The summed E-state index contributed by atoms with van der Waals surface area (Å²) in [6, 6.07) is 27.1. The van der Waals surface area contributed by atoms with Crippen molar-refractivity contribution >= 4 is 21.8 Å². The smallest absolute Gasteiger partial charge is 0.344 e. The minimum Gasteiger partial charge on any atom is -0.451 e. The van der Waals surface area contributed by atoms with Crippen LogP contribution >= 0.6 is 0 Å². The maximum atomic E-state index is 13.2. The van der Waals surface area contributed by atoms with Crippen molar-refractivity contribution in [3.05, 3.63) is 120 Å². The summed E-state index contributed by atoms with van der Waals surface area (Å²) in [6.07, 6.45) is 0.0318. The zero-order chi connectivity index (χ0) is 24.8. The van der Waals surface area contributed by atoms with Gasteiger partial charge in [-0.25, -0.2) is 13.2 Å². The minimum atomic E-state index is -4.04. The van der Waals surface area contributed by atoms with Gasteiger partial charge in [-0.1, -0.05) is 78.9 Å². The summed E-state index contributed by atoms with van der Waals surface area (Å²) in [5, 5.41) is 1.79. The van der Waals surface area contributed by atoms with E-state index in [0.717, 1.165) is 12.3 Å². The maximum absolute atomic E-state index is 13.2. The first kappa shape index (κ1) is 23.9. The molecule has 0 N–H and O–H groups in total. The van der Waals surface area contributed by atoms with Crippen LogP contribution in [0.4, 0.5) is 0 Å². The van der Waals surface area contributed by atoms with Gasteiger partial charge in [-0.05, 0) is 28.4 Å². The molecular formula is C26H21NO7S. The van der Waals surface area contributed by atoms with Crippen molar-refractivity contribution in [3.63, 3.8) is 0 Å². The van der Waals surface area contributed by atoms with Crippen molar-refractivity contribution in [2.45, 2.75) is 11.4 Å². The van der Waals surface area contributed by atoms with Gasteiger partial charge >= 0.3 is 11.9 Å². The molecule has 8 nitrogen and oxygen atoms in total. The first-order valence-corrected chi connectivity index (χ1v) is 12.5. The molecule has 35 heavy (non-hydrogen) atoms. The molecule has 1 heterocycles. The molecule has 0 radical (unpaired) electrons. The van der Waals surface area contributed by atoms with Crippen molar-refractivity contribution in [2.75, 3.05) is 6.26 Å². The van der Waals surface area contributed by atoms with Gasteiger partial charge in [0.05, 0.1) is 5.56 Å². The lowest BCUT2D eigenvalue weighted by Crippen LogP contribution is -2.25. The number of hydrogen-bond donors (Lipinski definition) is 0. The van der Waals surface area contributed by atoms with Gasteiger partial charge in [0.1, 0.15) is 0 Å². The average molecular weight is 492 g/mol. The molecule has 0 aliphatic rings. The third kappa shape index (κ3) is 5.82. The van der Waals surface area contributed by atoms with Crippen molar-refractivity contribution in [1.82, 2.24) is 5.16 Å². The molecule has 0 amide bonds. The molecule has 4 rings (SSSR count). The average Bonchev–Trinajstić information content (AvgIpc) is 3.30. The Kier molecular flexibility index (Phi) is 7.07. The van der Waals surface area contributed by atoms with Crippen LogP contribution in [0, 0.1) is 0 Å². The van der Waals surface area contributed by atoms with E-state index in [1.165, 1.54) is 0 Å². The quantitative estimate of drug-likeness (QED) is 0.335. The molecule has 0 bridgehead atoms. The van der Waals surface area contributed by atoms with Crippen molar-refractivity contribution in [3.8, 4) is 5.88 Å². The minimum absolute atomic E-state index is 0.268. The van der Waals surface area contributed by atoms with Gasteiger partial charge in [-0.2, -0.15) is 0 Å². The van der Waals surface area contributed by atoms with E-state index in [-0.39, 0.29) is 17.2 Å². The SMILES string of the molecule is CS(=O)(=O)C(C(=O)OC(c1ccccc1)c1ccccc1)c1cc(OC(=O)c2ccccc2)no1. The number of aromatic nitrogens is 1. The van der Waals surface area contributed by atoms with Crippen LogP contribution in [0.25, 0.3) is 0 Å². The van der Waals surface area contributed by atoms with Crippen LogP contribution in [0.15, 0.2) is 102 Å². The fourth-order valence-electron chi connectivity index (χ4n) is 3.44. The Hall–Kier alpha value is -4.24. The van der Waals surface area contributed by atoms with Crippen LogP contribution in [0.1, 0.15) is 38.6 Å². The Morgan fingerprint density at radius 3 is 1.86 bits per heavy atom. The molecular weight excluding hydrogens is 470 g/mol. The Balaban J connectivity index is 1.60. The summed E-state index contributed by atoms with van der Waals surface area (Å²) in [4.78, 5) is 25.5. The van der Waals surface area contributed by atoms with E-state index in [9.17, 15) is 18.0 Å². The topological polar surface area (TPSA) is 113 Å². The second-order valence-electron chi connectivity index (χ2n) is 7.67. The molecule has 0 fully saturated rings. The van der Waals surface area contributed by atoms with Gasteiger partial charge in [-0.3, -0.25) is 4.79 Å². The fraction of sp³-hybridized carbons (Fsp3) is 0.115. The van der Waals surface area contributed by atoms with Gasteiger partial charge in [0.15, 0.2) is 21.7 Å². The van der Waals surface area contributed by atoms with Crippen LogP contribution in [0.2, 0.25) is 0 Å². The molecule has 1 aromatic heterocycles. The predicted octanol–water partition coefficient (Wildman–Crippen LogP) is 4.31. The van der Waals surface area contributed by atoms with Crippen molar-refractivity contribution in [1.29, 1.82) is 0 Å². The summed E-state index contributed by atoms with van der Waals surface area (Å²) >= 11 is 0. The zero-order valence-electron chi connectivity index (χ0n) is 18.6. The number of rotatable bonds is 8. The molecule has 0 spiro atoms. The van der Waals surface area contributed by atoms with E-state index in [4.69, 9.17) is 14.0 Å². The summed E-state index contributed by atoms with van der Waals surface area (Å²) < 4.78 is 41.1. The second kappa shape index (κ2) is 10.4. The maximum Gasteiger partial charge on any atom is 0.344 e. The monoisotopic (exact) mass is 491 g/mol. The highest BCUT2D eigenvalue weighted by Crippen LogP contribution is 2.32. The van der Waals surface area contributed by atoms with E-state index >= 15 is 0 Å². The third-order valence-corrected chi connectivity index (χ3v) is 6.33. The molecule has 0 saturated carbocycles. The molecule has 1 unspecified atom stereocenters. The van der Waals surface area contributed by atoms with E-state index < -0.39 is 33.1 Å². The Bertz CT molecular complexity index is 1360.